The molecule has 0 aliphatic carbocycles. The molecule has 0 unspecified atom stereocenters. The first-order valence-corrected chi connectivity index (χ1v) is 9.24. The molecule has 1 aliphatic rings. The molecule has 0 spiro atoms. The molecule has 0 bridgehead atoms. The van der Waals surface area contributed by atoms with Crippen LogP contribution in [0.4, 0.5) is 4.39 Å². The van der Waals surface area contributed by atoms with Gasteiger partial charge in [0.05, 0.1) is 10.7 Å². The van der Waals surface area contributed by atoms with Gasteiger partial charge in [0.25, 0.3) is 5.91 Å². The molecule has 0 atom stereocenters. The topological polar surface area (TPSA) is 33.2 Å². The second-order valence-electron chi connectivity index (χ2n) is 5.92. The molecule has 0 N–H and O–H groups in total. The summed E-state index contributed by atoms with van der Waals surface area (Å²) >= 11 is 5.00. The van der Waals surface area contributed by atoms with E-state index in [4.69, 9.17) is 0 Å². The third-order valence-electron chi connectivity index (χ3n) is 4.29. The molecule has 1 aliphatic heterocycles. The van der Waals surface area contributed by atoms with Crippen molar-refractivity contribution in [3.05, 3.63) is 49.6 Å². The molecule has 3 rings (SSSR count). The molecule has 1 amide bonds. The Bertz CT molecular complexity index is 698. The number of rotatable bonds is 2. The minimum atomic E-state index is -0.397. The van der Waals surface area contributed by atoms with Crippen LogP contribution in [-0.2, 0) is 0 Å². The van der Waals surface area contributed by atoms with Gasteiger partial charge in [0.1, 0.15) is 5.82 Å². The number of carbonyl (C=O) groups is 1. The van der Waals surface area contributed by atoms with Crippen LogP contribution in [0.5, 0.6) is 0 Å². The maximum absolute atomic E-state index is 13.5. The second-order valence-corrected chi connectivity index (χ2v) is 8.07. The van der Waals surface area contributed by atoms with Crippen molar-refractivity contribution in [2.24, 2.45) is 0 Å². The van der Waals surface area contributed by atoms with Gasteiger partial charge in [-0.05, 0) is 44.9 Å². The highest BCUT2D eigenvalue weighted by molar-refractivity contribution is 9.10. The van der Waals surface area contributed by atoms with Gasteiger partial charge in [-0.25, -0.2) is 9.37 Å². The zero-order chi connectivity index (χ0) is 16.6. The number of likely N-dealkylation sites (tertiary alicyclic amines) is 1. The molecule has 1 fully saturated rings. The van der Waals surface area contributed by atoms with Crippen LogP contribution in [0, 0.1) is 19.7 Å². The number of benzene rings is 1. The Morgan fingerprint density at radius 3 is 2.57 bits per heavy atom. The Kier molecular flexibility index (Phi) is 4.82. The van der Waals surface area contributed by atoms with Crippen molar-refractivity contribution >= 4 is 33.2 Å². The molecule has 122 valence electrons. The Balaban J connectivity index is 1.67. The summed E-state index contributed by atoms with van der Waals surface area (Å²) in [6, 6.07) is 4.33. The molecule has 2 aromatic rings. The van der Waals surface area contributed by atoms with E-state index in [-0.39, 0.29) is 5.91 Å². The van der Waals surface area contributed by atoms with E-state index in [0.717, 1.165) is 18.5 Å². The second kappa shape index (κ2) is 6.69. The predicted octanol–water partition coefficient (Wildman–Crippen LogP) is 4.68. The van der Waals surface area contributed by atoms with Crippen LogP contribution in [0.3, 0.4) is 0 Å². The number of halogens is 2. The van der Waals surface area contributed by atoms with Gasteiger partial charge < -0.3 is 4.90 Å². The number of piperidine rings is 1. The molecular formula is C17H18BrFN2OS. The predicted molar refractivity (Wildman–Crippen MR) is 93.6 cm³/mol. The molecule has 2 heterocycles. The van der Waals surface area contributed by atoms with Crippen molar-refractivity contribution in [3.8, 4) is 0 Å². The Morgan fingerprint density at radius 2 is 2.00 bits per heavy atom. The highest BCUT2D eigenvalue weighted by atomic mass is 79.9. The summed E-state index contributed by atoms with van der Waals surface area (Å²) in [6.07, 6.45) is 1.82. The average molecular weight is 397 g/mol. The minimum absolute atomic E-state index is 0.102. The van der Waals surface area contributed by atoms with Crippen LogP contribution in [0.1, 0.15) is 44.7 Å². The van der Waals surface area contributed by atoms with Crippen LogP contribution in [0.25, 0.3) is 0 Å². The lowest BCUT2D eigenvalue weighted by Gasteiger charge is -2.31. The van der Waals surface area contributed by atoms with E-state index in [0.29, 0.717) is 29.0 Å². The average Bonchev–Trinajstić information content (AvgIpc) is 2.85. The van der Waals surface area contributed by atoms with Gasteiger partial charge in [-0.3, -0.25) is 4.79 Å². The molecule has 1 saturated heterocycles. The van der Waals surface area contributed by atoms with Crippen molar-refractivity contribution in [2.45, 2.75) is 32.6 Å². The fraction of sp³-hybridized carbons (Fsp3) is 0.412. The van der Waals surface area contributed by atoms with Crippen molar-refractivity contribution in [3.63, 3.8) is 0 Å². The SMILES string of the molecule is Cc1nc(C2CCN(C(=O)c3cc(F)cc(Br)c3)CC2)sc1C. The number of nitrogens with zero attached hydrogens (tertiary/aromatic N) is 2. The van der Waals surface area contributed by atoms with Gasteiger partial charge in [0.2, 0.25) is 0 Å². The van der Waals surface area contributed by atoms with Gasteiger partial charge in [0, 0.05) is 33.9 Å². The zero-order valence-electron chi connectivity index (χ0n) is 13.1. The molecule has 0 saturated carbocycles. The van der Waals surface area contributed by atoms with Gasteiger partial charge in [0.15, 0.2) is 0 Å². The third kappa shape index (κ3) is 3.63. The molecule has 23 heavy (non-hydrogen) atoms. The van der Waals surface area contributed by atoms with E-state index in [1.54, 1.807) is 17.4 Å². The Morgan fingerprint density at radius 1 is 1.30 bits per heavy atom. The smallest absolute Gasteiger partial charge is 0.253 e. The normalized spacial score (nSPS) is 15.9. The fourth-order valence-electron chi connectivity index (χ4n) is 2.86. The molecule has 0 radical (unpaired) electrons. The van der Waals surface area contributed by atoms with Gasteiger partial charge in [-0.1, -0.05) is 15.9 Å². The number of amides is 1. The van der Waals surface area contributed by atoms with Crippen molar-refractivity contribution in [2.75, 3.05) is 13.1 Å². The van der Waals surface area contributed by atoms with Crippen LogP contribution in [0.2, 0.25) is 0 Å². The lowest BCUT2D eigenvalue weighted by Crippen LogP contribution is -2.38. The number of aromatic nitrogens is 1. The van der Waals surface area contributed by atoms with Gasteiger partial charge in [-0.2, -0.15) is 0 Å². The minimum Gasteiger partial charge on any atom is -0.339 e. The number of thiazole rings is 1. The van der Waals surface area contributed by atoms with Crippen molar-refractivity contribution in [1.29, 1.82) is 0 Å². The van der Waals surface area contributed by atoms with Crippen LogP contribution in [-0.4, -0.2) is 28.9 Å². The van der Waals surface area contributed by atoms with Crippen LogP contribution in [0.15, 0.2) is 22.7 Å². The number of hydrogen-bond acceptors (Lipinski definition) is 3. The summed E-state index contributed by atoms with van der Waals surface area (Å²) in [4.78, 5) is 20.3. The van der Waals surface area contributed by atoms with Crippen LogP contribution >= 0.6 is 27.3 Å². The Hall–Kier alpha value is -1.27. The lowest BCUT2D eigenvalue weighted by atomic mass is 9.97. The monoisotopic (exact) mass is 396 g/mol. The molecule has 3 nitrogen and oxygen atoms in total. The van der Waals surface area contributed by atoms with Crippen molar-refractivity contribution < 1.29 is 9.18 Å². The van der Waals surface area contributed by atoms with Gasteiger partial charge >= 0.3 is 0 Å². The summed E-state index contributed by atoms with van der Waals surface area (Å²) in [6.45, 7) is 5.51. The quantitative estimate of drug-likeness (QED) is 0.737. The van der Waals surface area contributed by atoms with E-state index >= 15 is 0 Å². The van der Waals surface area contributed by atoms with E-state index in [9.17, 15) is 9.18 Å². The third-order valence-corrected chi connectivity index (χ3v) is 5.98. The molecular weight excluding hydrogens is 379 g/mol. The summed E-state index contributed by atoms with van der Waals surface area (Å²) < 4.78 is 14.1. The maximum atomic E-state index is 13.5. The van der Waals surface area contributed by atoms with Gasteiger partial charge in [-0.15, -0.1) is 11.3 Å². The number of hydrogen-bond donors (Lipinski definition) is 0. The van der Waals surface area contributed by atoms with E-state index in [2.05, 4.69) is 27.8 Å². The largest absolute Gasteiger partial charge is 0.339 e. The van der Waals surface area contributed by atoms with E-state index in [1.165, 1.54) is 22.0 Å². The first kappa shape index (κ1) is 16.6. The van der Waals surface area contributed by atoms with E-state index < -0.39 is 5.82 Å². The highest BCUT2D eigenvalue weighted by Crippen LogP contribution is 2.32. The summed E-state index contributed by atoms with van der Waals surface area (Å²) in [5.41, 5.74) is 1.50. The summed E-state index contributed by atoms with van der Waals surface area (Å²) in [7, 11) is 0. The fourth-order valence-corrected chi connectivity index (χ4v) is 4.42. The number of carbonyl (C=O) groups excluding carboxylic acids is 1. The van der Waals surface area contributed by atoms with Crippen molar-refractivity contribution in [1.82, 2.24) is 9.88 Å². The van der Waals surface area contributed by atoms with Crippen LogP contribution < -0.4 is 0 Å². The summed E-state index contributed by atoms with van der Waals surface area (Å²) in [5, 5.41) is 1.18. The maximum Gasteiger partial charge on any atom is 0.253 e. The molecule has 6 heteroatoms. The summed E-state index contributed by atoms with van der Waals surface area (Å²) in [5.74, 6) is -0.0720. The first-order chi connectivity index (χ1) is 10.9. The lowest BCUT2D eigenvalue weighted by molar-refractivity contribution is 0.0712. The highest BCUT2D eigenvalue weighted by Gasteiger charge is 2.26. The zero-order valence-corrected chi connectivity index (χ0v) is 15.5. The van der Waals surface area contributed by atoms with E-state index in [1.807, 2.05) is 11.8 Å². The molecule has 1 aromatic carbocycles. The standard InChI is InChI=1S/C17H18BrFN2OS/c1-10-11(2)23-16(20-10)12-3-5-21(6-4-12)17(22)13-7-14(18)9-15(19)8-13/h7-9,12H,3-6H2,1-2H3. The number of aryl methyl sites for hydroxylation is 2. The Labute approximate surface area is 147 Å². The first-order valence-electron chi connectivity index (χ1n) is 7.63. The molecule has 1 aromatic heterocycles.